The molecule has 0 unspecified atom stereocenters. The minimum absolute atomic E-state index is 0.158. The van der Waals surface area contributed by atoms with Crippen molar-refractivity contribution >= 4 is 11.6 Å². The molecule has 0 aliphatic heterocycles. The first-order valence-corrected chi connectivity index (χ1v) is 10.6. The molecule has 2 atom stereocenters. The van der Waals surface area contributed by atoms with Gasteiger partial charge in [-0.1, -0.05) is 42.4 Å². The first kappa shape index (κ1) is 23.4. The number of hydrogen-bond acceptors (Lipinski definition) is 7. The second kappa shape index (κ2) is 9.61. The van der Waals surface area contributed by atoms with Crippen LogP contribution in [-0.2, 0) is 7.05 Å². The molecule has 0 radical (unpaired) electrons. The Morgan fingerprint density at radius 2 is 2.00 bits per heavy atom. The van der Waals surface area contributed by atoms with Crippen LogP contribution >= 0.6 is 0 Å². The Morgan fingerprint density at radius 3 is 2.66 bits per heavy atom. The van der Waals surface area contributed by atoms with Gasteiger partial charge in [-0.3, -0.25) is 14.2 Å². The van der Waals surface area contributed by atoms with E-state index in [-0.39, 0.29) is 17.1 Å². The van der Waals surface area contributed by atoms with Crippen molar-refractivity contribution in [2.45, 2.75) is 18.8 Å². The maximum atomic E-state index is 14.3. The van der Waals surface area contributed by atoms with Crippen LogP contribution in [0.2, 0.25) is 0 Å². The first-order valence-electron chi connectivity index (χ1n) is 10.6. The van der Waals surface area contributed by atoms with Gasteiger partial charge in [-0.2, -0.15) is 5.26 Å². The summed E-state index contributed by atoms with van der Waals surface area (Å²) in [5, 5.41) is 26.0. The summed E-state index contributed by atoms with van der Waals surface area (Å²) in [4.78, 5) is 30.0. The van der Waals surface area contributed by atoms with E-state index < -0.39 is 40.6 Å². The predicted octanol–water partition coefficient (Wildman–Crippen LogP) is 3.67. The van der Waals surface area contributed by atoms with Crippen molar-refractivity contribution in [3.05, 3.63) is 105 Å². The number of amides is 1. The molecular weight excluding hydrogens is 453 g/mol. The van der Waals surface area contributed by atoms with E-state index in [1.54, 1.807) is 6.92 Å². The van der Waals surface area contributed by atoms with E-state index in [0.717, 1.165) is 10.1 Å². The Bertz CT molecular complexity index is 1480. The summed E-state index contributed by atoms with van der Waals surface area (Å²) >= 11 is 0. The lowest BCUT2D eigenvalue weighted by atomic mass is 9.79. The summed E-state index contributed by atoms with van der Waals surface area (Å²) in [6, 6.07) is 15.1. The second-order valence-electron chi connectivity index (χ2n) is 7.92. The number of anilines is 1. The van der Waals surface area contributed by atoms with Gasteiger partial charge in [0.05, 0.1) is 17.8 Å². The average Bonchev–Trinajstić information content (AvgIpc) is 3.36. The summed E-state index contributed by atoms with van der Waals surface area (Å²) in [6.45, 7) is 1.75. The topological polar surface area (TPSA) is 134 Å². The standard InChI is InChI=1S/C25H20FN5O4/c1-14(20(15-6-4-3-5-7-15)19-10-17(26)9-8-16(19)11-27)23-30-21(22(32)25(34)31(23)2)24(33)29-18-12-28-35-13-18/h3-10,12-14,20,32H,1-2H3,(H,29,33)/t14-,20-/m1/s1. The van der Waals surface area contributed by atoms with Crippen molar-refractivity contribution in [2.24, 2.45) is 7.05 Å². The Kier molecular flexibility index (Phi) is 6.42. The fourth-order valence-corrected chi connectivity index (χ4v) is 4.07. The van der Waals surface area contributed by atoms with Gasteiger partial charge in [-0.05, 0) is 29.3 Å². The molecule has 0 aliphatic carbocycles. The number of nitrogens with zero attached hydrogens (tertiary/aromatic N) is 4. The van der Waals surface area contributed by atoms with Crippen molar-refractivity contribution in [1.82, 2.24) is 14.7 Å². The van der Waals surface area contributed by atoms with Crippen LogP contribution in [0.15, 0.2) is 70.3 Å². The molecule has 4 rings (SSSR count). The molecule has 0 saturated carbocycles. The van der Waals surface area contributed by atoms with Crippen LogP contribution in [0.4, 0.5) is 10.1 Å². The van der Waals surface area contributed by atoms with Gasteiger partial charge in [0.2, 0.25) is 5.75 Å². The summed E-state index contributed by atoms with van der Waals surface area (Å²) in [7, 11) is 1.42. The Balaban J connectivity index is 1.88. The number of benzene rings is 2. The van der Waals surface area contributed by atoms with E-state index >= 15 is 0 Å². The molecule has 1 amide bonds. The smallest absolute Gasteiger partial charge is 0.296 e. The minimum atomic E-state index is -0.836. The number of carbonyl (C=O) groups is 1. The molecule has 176 valence electrons. The normalized spacial score (nSPS) is 12.5. The lowest BCUT2D eigenvalue weighted by molar-refractivity contribution is 0.101. The van der Waals surface area contributed by atoms with Gasteiger partial charge in [-0.25, -0.2) is 9.37 Å². The highest BCUT2D eigenvalue weighted by Gasteiger charge is 2.31. The van der Waals surface area contributed by atoms with Crippen LogP contribution in [0.3, 0.4) is 0 Å². The molecule has 10 heteroatoms. The SMILES string of the molecule is C[C@@H](c1nc(C(=O)Nc2cnoc2)c(O)c(=O)n1C)[C@H](c1ccccc1)c1cc(F)ccc1C#N. The molecule has 0 spiro atoms. The molecule has 0 aliphatic rings. The molecule has 0 bridgehead atoms. The first-order chi connectivity index (χ1) is 16.8. The molecular formula is C25H20FN5O4. The second-order valence-corrected chi connectivity index (χ2v) is 7.92. The predicted molar refractivity (Wildman–Crippen MR) is 123 cm³/mol. The van der Waals surface area contributed by atoms with Gasteiger partial charge in [-0.15, -0.1) is 0 Å². The third-order valence-corrected chi connectivity index (χ3v) is 5.74. The maximum absolute atomic E-state index is 14.3. The Hall–Kier alpha value is -4.78. The molecule has 2 N–H and O–H groups in total. The van der Waals surface area contributed by atoms with E-state index in [1.807, 2.05) is 30.3 Å². The summed E-state index contributed by atoms with van der Waals surface area (Å²) in [5.74, 6) is -3.24. The third kappa shape index (κ3) is 4.52. The Labute approximate surface area is 199 Å². The van der Waals surface area contributed by atoms with Crippen molar-refractivity contribution in [2.75, 3.05) is 5.32 Å². The molecule has 0 fully saturated rings. The largest absolute Gasteiger partial charge is 0.501 e. The molecule has 9 nitrogen and oxygen atoms in total. The number of nitrogens with one attached hydrogen (secondary N) is 1. The van der Waals surface area contributed by atoms with Crippen molar-refractivity contribution in [3.63, 3.8) is 0 Å². The fraction of sp³-hybridized carbons (Fsp3) is 0.160. The van der Waals surface area contributed by atoms with Gasteiger partial charge in [0, 0.05) is 18.9 Å². The Morgan fingerprint density at radius 1 is 1.26 bits per heavy atom. The van der Waals surface area contributed by atoms with Gasteiger partial charge >= 0.3 is 0 Å². The van der Waals surface area contributed by atoms with Crippen LogP contribution in [-0.4, -0.2) is 25.7 Å². The van der Waals surface area contributed by atoms with Crippen LogP contribution in [0, 0.1) is 17.1 Å². The number of aromatic nitrogens is 3. The van der Waals surface area contributed by atoms with E-state index in [1.165, 1.54) is 37.7 Å². The van der Waals surface area contributed by atoms with E-state index in [2.05, 4.69) is 26.0 Å². The molecule has 0 saturated heterocycles. The van der Waals surface area contributed by atoms with Crippen molar-refractivity contribution in [1.29, 1.82) is 5.26 Å². The maximum Gasteiger partial charge on any atom is 0.296 e. The van der Waals surface area contributed by atoms with Gasteiger partial charge < -0.3 is 14.9 Å². The summed E-state index contributed by atoms with van der Waals surface area (Å²) in [5.41, 5.74) is 0.323. The van der Waals surface area contributed by atoms with Gasteiger partial charge in [0.25, 0.3) is 11.5 Å². The van der Waals surface area contributed by atoms with E-state index in [0.29, 0.717) is 5.56 Å². The molecule has 2 aromatic heterocycles. The number of hydrogen-bond donors (Lipinski definition) is 2. The van der Waals surface area contributed by atoms with Gasteiger partial charge in [0.15, 0.2) is 5.69 Å². The van der Waals surface area contributed by atoms with E-state index in [9.17, 15) is 24.3 Å². The minimum Gasteiger partial charge on any atom is -0.501 e. The fourth-order valence-electron chi connectivity index (χ4n) is 4.07. The van der Waals surface area contributed by atoms with Crippen LogP contribution < -0.4 is 10.9 Å². The highest BCUT2D eigenvalue weighted by atomic mass is 19.1. The number of aromatic hydroxyl groups is 1. The summed E-state index contributed by atoms with van der Waals surface area (Å²) < 4.78 is 20.1. The van der Waals surface area contributed by atoms with Crippen molar-refractivity contribution < 1.29 is 18.8 Å². The monoisotopic (exact) mass is 473 g/mol. The van der Waals surface area contributed by atoms with Crippen LogP contribution in [0.25, 0.3) is 0 Å². The van der Waals surface area contributed by atoms with Crippen LogP contribution in [0.5, 0.6) is 5.75 Å². The number of halogens is 1. The van der Waals surface area contributed by atoms with Crippen molar-refractivity contribution in [3.8, 4) is 11.8 Å². The lowest BCUT2D eigenvalue weighted by Crippen LogP contribution is -2.29. The molecule has 2 aromatic carbocycles. The molecule has 2 heterocycles. The number of nitriles is 1. The average molecular weight is 473 g/mol. The third-order valence-electron chi connectivity index (χ3n) is 5.74. The summed E-state index contributed by atoms with van der Waals surface area (Å²) in [6.07, 6.45) is 2.43. The number of carbonyl (C=O) groups excluding carboxylic acids is 1. The number of rotatable bonds is 6. The highest BCUT2D eigenvalue weighted by Crippen LogP contribution is 2.39. The lowest BCUT2D eigenvalue weighted by Gasteiger charge is -2.27. The quantitative estimate of drug-likeness (QED) is 0.436. The molecule has 4 aromatic rings. The zero-order valence-corrected chi connectivity index (χ0v) is 18.8. The molecule has 35 heavy (non-hydrogen) atoms. The zero-order valence-electron chi connectivity index (χ0n) is 18.8. The van der Waals surface area contributed by atoms with Crippen LogP contribution in [0.1, 0.15) is 51.8 Å². The van der Waals surface area contributed by atoms with Gasteiger partial charge in [0.1, 0.15) is 23.6 Å². The highest BCUT2D eigenvalue weighted by molar-refractivity contribution is 6.04. The van der Waals surface area contributed by atoms with E-state index in [4.69, 9.17) is 0 Å². The zero-order chi connectivity index (χ0) is 25.1.